The van der Waals surface area contributed by atoms with E-state index in [1.807, 2.05) is 32.0 Å². The average Bonchev–Trinajstić information content (AvgIpc) is 3.40. The van der Waals surface area contributed by atoms with E-state index in [9.17, 15) is 14.5 Å². The van der Waals surface area contributed by atoms with Crippen LogP contribution in [0.25, 0.3) is 11.3 Å². The van der Waals surface area contributed by atoms with Crippen LogP contribution < -0.4 is 16.1 Å². The van der Waals surface area contributed by atoms with Gasteiger partial charge in [-0.05, 0) is 85.6 Å². The van der Waals surface area contributed by atoms with Gasteiger partial charge in [0.25, 0.3) is 5.69 Å². The Morgan fingerprint density at radius 3 is 2.15 bits per heavy atom. The molecule has 0 aliphatic carbocycles. The molecule has 3 aromatic carbocycles. The van der Waals surface area contributed by atoms with Crippen LogP contribution in [-0.2, 0) is 0 Å². The number of nitro groups is 1. The molecule has 0 saturated carbocycles. The average molecular weight is 539 g/mol. The number of halogens is 1. The highest BCUT2D eigenvalue weighted by molar-refractivity contribution is 5.78. The van der Waals surface area contributed by atoms with Gasteiger partial charge in [0, 0.05) is 29.1 Å². The highest BCUT2D eigenvalue weighted by Crippen LogP contribution is 2.23. The zero-order valence-electron chi connectivity index (χ0n) is 21.4. The third kappa shape index (κ3) is 6.42. The number of hydrazone groups is 1. The number of furan rings is 1. The fraction of sp³-hybridized carbons (Fsp3) is 0.0714. The van der Waals surface area contributed by atoms with E-state index in [-0.39, 0.29) is 29.3 Å². The molecule has 3 N–H and O–H groups in total. The smallest absolute Gasteiger partial charge is 0.269 e. The van der Waals surface area contributed by atoms with Crippen LogP contribution in [0.4, 0.5) is 39.3 Å². The van der Waals surface area contributed by atoms with Crippen molar-refractivity contribution >= 4 is 41.1 Å². The van der Waals surface area contributed by atoms with E-state index in [0.717, 1.165) is 22.4 Å². The zero-order valence-corrected chi connectivity index (χ0v) is 21.4. The van der Waals surface area contributed by atoms with Crippen molar-refractivity contribution in [2.24, 2.45) is 5.10 Å². The van der Waals surface area contributed by atoms with Crippen LogP contribution in [-0.4, -0.2) is 26.1 Å². The first-order valence-electron chi connectivity index (χ1n) is 12.1. The van der Waals surface area contributed by atoms with Gasteiger partial charge in [-0.15, -0.1) is 0 Å². The van der Waals surface area contributed by atoms with Gasteiger partial charge in [-0.25, -0.2) is 9.82 Å². The molecule has 12 heteroatoms. The summed E-state index contributed by atoms with van der Waals surface area (Å²) in [4.78, 5) is 23.7. The number of non-ortho nitro benzene ring substituents is 1. The summed E-state index contributed by atoms with van der Waals surface area (Å²) in [7, 11) is 0. The predicted molar refractivity (Wildman–Crippen MR) is 151 cm³/mol. The van der Waals surface area contributed by atoms with Crippen molar-refractivity contribution in [3.63, 3.8) is 0 Å². The summed E-state index contributed by atoms with van der Waals surface area (Å²) >= 11 is 0. The van der Waals surface area contributed by atoms with Crippen LogP contribution in [0.1, 0.15) is 16.9 Å². The minimum Gasteiger partial charge on any atom is -0.455 e. The number of rotatable bonds is 9. The fourth-order valence-electron chi connectivity index (χ4n) is 3.63. The number of benzene rings is 3. The molecule has 5 rings (SSSR count). The Balaban J connectivity index is 1.36. The van der Waals surface area contributed by atoms with Gasteiger partial charge in [0.05, 0.1) is 11.1 Å². The van der Waals surface area contributed by atoms with Crippen LogP contribution in [0, 0.1) is 29.8 Å². The lowest BCUT2D eigenvalue weighted by Gasteiger charge is -2.11. The molecule has 40 heavy (non-hydrogen) atoms. The van der Waals surface area contributed by atoms with Gasteiger partial charge in [0.1, 0.15) is 17.3 Å². The third-order valence-electron chi connectivity index (χ3n) is 5.84. The second-order valence-corrected chi connectivity index (χ2v) is 8.74. The van der Waals surface area contributed by atoms with Crippen LogP contribution in [0.2, 0.25) is 0 Å². The van der Waals surface area contributed by atoms with E-state index < -0.39 is 4.92 Å². The summed E-state index contributed by atoms with van der Waals surface area (Å²) < 4.78 is 19.0. The summed E-state index contributed by atoms with van der Waals surface area (Å²) in [6, 6.07) is 21.2. The van der Waals surface area contributed by atoms with Gasteiger partial charge in [0.15, 0.2) is 0 Å². The van der Waals surface area contributed by atoms with Crippen molar-refractivity contribution in [1.29, 1.82) is 0 Å². The third-order valence-corrected chi connectivity index (χ3v) is 5.84. The maximum Gasteiger partial charge on any atom is 0.269 e. The van der Waals surface area contributed by atoms with E-state index in [1.165, 1.54) is 30.5 Å². The molecule has 0 aliphatic rings. The molecule has 200 valence electrons. The molecule has 0 fully saturated rings. The monoisotopic (exact) mass is 538 g/mol. The quantitative estimate of drug-likeness (QED) is 0.106. The maximum absolute atomic E-state index is 13.2. The molecule has 0 atom stereocenters. The van der Waals surface area contributed by atoms with E-state index in [4.69, 9.17) is 4.42 Å². The lowest BCUT2D eigenvalue weighted by atomic mass is 10.1. The van der Waals surface area contributed by atoms with E-state index >= 15 is 0 Å². The Hall–Kier alpha value is -5.65. The predicted octanol–water partition coefficient (Wildman–Crippen LogP) is 6.73. The number of nitrogens with one attached hydrogen (secondary N) is 3. The lowest BCUT2D eigenvalue weighted by Crippen LogP contribution is -2.07. The Bertz CT molecular complexity index is 1690. The topological polar surface area (TPSA) is 143 Å². The number of aromatic nitrogens is 3. The Kier molecular flexibility index (Phi) is 7.40. The molecule has 0 amide bonds. The minimum atomic E-state index is -0.472. The van der Waals surface area contributed by atoms with E-state index in [0.29, 0.717) is 17.2 Å². The molecule has 0 aliphatic heterocycles. The van der Waals surface area contributed by atoms with Crippen molar-refractivity contribution in [1.82, 2.24) is 15.0 Å². The van der Waals surface area contributed by atoms with Crippen molar-refractivity contribution in [3.05, 3.63) is 112 Å². The summed E-state index contributed by atoms with van der Waals surface area (Å²) in [5, 5.41) is 21.3. The SMILES string of the molecule is Cc1ccc(Nc2nc(N/N=C\c3ccc(-c4ccc(F)cc4)o3)nc(Nc3ccc([N+](=O)[O-])cc3)n2)cc1C. The highest BCUT2D eigenvalue weighted by atomic mass is 19.1. The fourth-order valence-corrected chi connectivity index (χ4v) is 3.63. The van der Waals surface area contributed by atoms with Gasteiger partial charge in [-0.1, -0.05) is 6.07 Å². The molecule has 0 bridgehead atoms. The molecule has 0 saturated heterocycles. The molecule has 2 aromatic heterocycles. The summed E-state index contributed by atoms with van der Waals surface area (Å²) in [5.41, 5.74) is 7.06. The Morgan fingerprint density at radius 1 is 0.825 bits per heavy atom. The van der Waals surface area contributed by atoms with Crippen LogP contribution in [0.15, 0.2) is 88.4 Å². The molecule has 0 radical (unpaired) electrons. The van der Waals surface area contributed by atoms with Crippen LogP contribution in [0.5, 0.6) is 0 Å². The minimum absolute atomic E-state index is 0.0319. The Morgan fingerprint density at radius 2 is 1.48 bits per heavy atom. The van der Waals surface area contributed by atoms with Gasteiger partial charge in [0.2, 0.25) is 17.8 Å². The lowest BCUT2D eigenvalue weighted by molar-refractivity contribution is -0.384. The summed E-state index contributed by atoms with van der Waals surface area (Å²) in [6.45, 7) is 4.03. The standard InChI is InChI=1S/C28H23FN8O3/c1-17-3-8-22(15-18(17)2)32-27-33-26(31-21-9-11-23(12-10-21)37(38)39)34-28(35-27)36-30-16-24-13-14-25(40-24)19-4-6-20(29)7-5-19/h3-16H,1-2H3,(H3,31,32,33,34,35,36)/b30-16-. The molecule has 0 spiro atoms. The van der Waals surface area contributed by atoms with Crippen LogP contribution in [0.3, 0.4) is 0 Å². The van der Waals surface area contributed by atoms with Gasteiger partial charge in [-0.2, -0.15) is 20.1 Å². The highest BCUT2D eigenvalue weighted by Gasteiger charge is 2.10. The van der Waals surface area contributed by atoms with Gasteiger partial charge in [-0.3, -0.25) is 10.1 Å². The molecular weight excluding hydrogens is 515 g/mol. The zero-order chi connectivity index (χ0) is 28.1. The number of aryl methyl sites for hydroxylation is 2. The van der Waals surface area contributed by atoms with Crippen LogP contribution >= 0.6 is 0 Å². The van der Waals surface area contributed by atoms with Crippen molar-refractivity contribution in [2.45, 2.75) is 13.8 Å². The molecule has 11 nitrogen and oxygen atoms in total. The Labute approximate surface area is 228 Å². The van der Waals surface area contributed by atoms with Gasteiger partial charge < -0.3 is 15.1 Å². The first-order chi connectivity index (χ1) is 19.3. The van der Waals surface area contributed by atoms with E-state index in [1.54, 1.807) is 36.4 Å². The largest absolute Gasteiger partial charge is 0.455 e. The first-order valence-corrected chi connectivity index (χ1v) is 12.1. The van der Waals surface area contributed by atoms with Crippen molar-refractivity contribution in [3.8, 4) is 11.3 Å². The first kappa shape index (κ1) is 26.0. The number of nitrogens with zero attached hydrogens (tertiary/aromatic N) is 5. The number of hydrogen-bond donors (Lipinski definition) is 3. The second-order valence-electron chi connectivity index (χ2n) is 8.74. The summed E-state index contributed by atoms with van der Waals surface area (Å²) in [6.07, 6.45) is 1.46. The number of nitro benzene ring substituents is 1. The van der Waals surface area contributed by atoms with E-state index in [2.05, 4.69) is 36.1 Å². The normalized spacial score (nSPS) is 11.0. The van der Waals surface area contributed by atoms with Gasteiger partial charge >= 0.3 is 0 Å². The van der Waals surface area contributed by atoms with Crippen molar-refractivity contribution < 1.29 is 13.7 Å². The molecular formula is C28H23FN8O3. The molecule has 2 heterocycles. The number of hydrogen-bond acceptors (Lipinski definition) is 10. The molecule has 0 unspecified atom stereocenters. The maximum atomic E-state index is 13.2. The van der Waals surface area contributed by atoms with Crippen molar-refractivity contribution in [2.75, 3.05) is 16.1 Å². The second kappa shape index (κ2) is 11.4. The molecule has 5 aromatic rings. The number of anilines is 5. The summed E-state index contributed by atoms with van der Waals surface area (Å²) in [5.74, 6) is 1.26.